The molecule has 0 spiro atoms. The summed E-state index contributed by atoms with van der Waals surface area (Å²) in [7, 11) is 1.88. The Hall–Kier alpha value is -7.09. The smallest absolute Gasteiger partial charge is 0.255 e. The first kappa shape index (κ1) is 51.8. The van der Waals surface area contributed by atoms with E-state index in [1.54, 1.807) is 36.5 Å². The maximum Gasteiger partial charge on any atom is 0.255 e. The molecule has 2 aromatic heterocycles. The molecule has 4 N–H and O–H groups in total. The lowest BCUT2D eigenvalue weighted by molar-refractivity contribution is -0.137. The molecule has 0 aliphatic carbocycles. The first-order chi connectivity index (χ1) is 34.6. The van der Waals surface area contributed by atoms with E-state index in [2.05, 4.69) is 41.4 Å². The summed E-state index contributed by atoms with van der Waals surface area (Å²) in [4.78, 5) is 72.7. The van der Waals surface area contributed by atoms with Gasteiger partial charge in [-0.1, -0.05) is 37.1 Å². The van der Waals surface area contributed by atoms with E-state index in [0.717, 1.165) is 61.3 Å². The predicted molar refractivity (Wildman–Crippen MR) is 264 cm³/mol. The largest absolute Gasteiger partial charge is 0.494 e. The van der Waals surface area contributed by atoms with Crippen molar-refractivity contribution >= 4 is 40.9 Å². The molecular formula is C52H64N10O9. The lowest BCUT2D eigenvalue weighted by atomic mass is 10.0. The van der Waals surface area contributed by atoms with E-state index in [9.17, 15) is 24.0 Å². The molecule has 0 radical (unpaired) electrons. The first-order valence-corrected chi connectivity index (χ1v) is 24.5. The van der Waals surface area contributed by atoms with E-state index in [4.69, 9.17) is 18.9 Å². The number of fused-ring (bicyclic) bond motifs is 1. The van der Waals surface area contributed by atoms with Gasteiger partial charge in [-0.25, -0.2) is 9.97 Å². The Bertz CT molecular complexity index is 2570. The molecule has 5 amide bonds. The Labute approximate surface area is 413 Å². The van der Waals surface area contributed by atoms with E-state index in [0.29, 0.717) is 99.5 Å². The number of anilines is 2. The number of hydrogen-bond donors (Lipinski definition) is 4. The molecule has 0 saturated carbocycles. The summed E-state index contributed by atoms with van der Waals surface area (Å²) in [5.74, 6) is 0.746. The van der Waals surface area contributed by atoms with E-state index in [1.165, 1.54) is 11.2 Å². The van der Waals surface area contributed by atoms with Crippen LogP contribution in [0.2, 0.25) is 0 Å². The van der Waals surface area contributed by atoms with Crippen molar-refractivity contribution in [2.24, 2.45) is 7.05 Å². The monoisotopic (exact) mass is 972 g/mol. The van der Waals surface area contributed by atoms with Gasteiger partial charge in [0.05, 0.1) is 45.6 Å². The third-order valence-corrected chi connectivity index (χ3v) is 12.3. The second-order valence-electron chi connectivity index (χ2n) is 17.5. The highest BCUT2D eigenvalue weighted by atomic mass is 16.5. The van der Waals surface area contributed by atoms with Crippen LogP contribution in [-0.2, 0) is 48.7 Å². The van der Waals surface area contributed by atoms with Gasteiger partial charge in [-0.2, -0.15) is 0 Å². The molecule has 1 fully saturated rings. The van der Waals surface area contributed by atoms with E-state index < -0.39 is 11.9 Å². The molecule has 2 atom stereocenters. The molecule has 376 valence electrons. The van der Waals surface area contributed by atoms with Crippen LogP contribution in [-0.4, -0.2) is 111 Å². The number of piperidine rings is 1. The van der Waals surface area contributed by atoms with Gasteiger partial charge in [-0.3, -0.25) is 29.3 Å². The van der Waals surface area contributed by atoms with Gasteiger partial charge in [0.2, 0.25) is 17.7 Å². The van der Waals surface area contributed by atoms with E-state index >= 15 is 0 Å². The topological polar surface area (TPSA) is 230 Å². The van der Waals surface area contributed by atoms with Crippen molar-refractivity contribution in [1.29, 1.82) is 0 Å². The number of hydrogen-bond acceptors (Lipinski definition) is 14. The first-order valence-electron chi connectivity index (χ1n) is 24.5. The number of unbranched alkanes of at least 4 members (excludes halogenated alkanes) is 5. The third-order valence-electron chi connectivity index (χ3n) is 12.3. The van der Waals surface area contributed by atoms with Crippen molar-refractivity contribution < 1.29 is 42.9 Å². The van der Waals surface area contributed by atoms with Crippen molar-refractivity contribution in [3.8, 4) is 17.3 Å². The minimum Gasteiger partial charge on any atom is -0.494 e. The number of benzene rings is 3. The Morgan fingerprint density at radius 1 is 0.817 bits per heavy atom. The number of carbonyl (C=O) groups is 5. The predicted octanol–water partition coefficient (Wildman–Crippen LogP) is 6.32. The van der Waals surface area contributed by atoms with Crippen LogP contribution in [0.1, 0.15) is 115 Å². The average molecular weight is 973 g/mol. The Balaban J connectivity index is 0.657. The van der Waals surface area contributed by atoms with Gasteiger partial charge in [-0.05, 0) is 99.5 Å². The number of ether oxygens (including phenoxy) is 4. The molecule has 5 aromatic rings. The number of amides is 5. The molecular weight excluding hydrogens is 909 g/mol. The highest BCUT2D eigenvalue weighted by Crippen LogP contribution is 2.32. The Morgan fingerprint density at radius 2 is 1.55 bits per heavy atom. The molecule has 0 bridgehead atoms. The van der Waals surface area contributed by atoms with E-state index in [-0.39, 0.29) is 49.1 Å². The lowest BCUT2D eigenvalue weighted by Gasteiger charge is -2.29. The number of carbonyl (C=O) groups excluding carboxylic acids is 5. The van der Waals surface area contributed by atoms with Gasteiger partial charge in [0, 0.05) is 73.9 Å². The normalized spacial score (nSPS) is 14.8. The summed E-state index contributed by atoms with van der Waals surface area (Å²) in [6.45, 7) is 6.45. The zero-order valence-corrected chi connectivity index (χ0v) is 40.5. The van der Waals surface area contributed by atoms with Gasteiger partial charge in [0.1, 0.15) is 23.8 Å². The maximum absolute atomic E-state index is 13.3. The number of nitrogens with zero attached hydrogens (tertiary/aromatic N) is 6. The molecule has 4 heterocycles. The number of imide groups is 1. The van der Waals surface area contributed by atoms with Crippen molar-refractivity contribution in [3.63, 3.8) is 0 Å². The maximum atomic E-state index is 13.3. The quantitative estimate of drug-likeness (QED) is 0.0304. The van der Waals surface area contributed by atoms with Crippen LogP contribution in [0.25, 0.3) is 11.5 Å². The summed E-state index contributed by atoms with van der Waals surface area (Å²) in [6.07, 6.45) is 10.3. The number of rotatable bonds is 29. The summed E-state index contributed by atoms with van der Waals surface area (Å²) in [5, 5.41) is 20.3. The summed E-state index contributed by atoms with van der Waals surface area (Å²) < 4.78 is 25.0. The Kier molecular flexibility index (Phi) is 19.5. The van der Waals surface area contributed by atoms with Crippen LogP contribution in [0.5, 0.6) is 5.75 Å². The third kappa shape index (κ3) is 15.2. The van der Waals surface area contributed by atoms with Crippen molar-refractivity contribution in [1.82, 2.24) is 40.3 Å². The second kappa shape index (κ2) is 26.8. The minimum atomic E-state index is -0.706. The van der Waals surface area contributed by atoms with Crippen LogP contribution in [0.15, 0.2) is 85.3 Å². The lowest BCUT2D eigenvalue weighted by Crippen LogP contribution is -2.52. The van der Waals surface area contributed by atoms with Crippen LogP contribution >= 0.6 is 0 Å². The summed E-state index contributed by atoms with van der Waals surface area (Å²) in [5.41, 5.74) is 4.68. The molecule has 2 aliphatic rings. The van der Waals surface area contributed by atoms with Crippen molar-refractivity contribution in [2.45, 2.75) is 96.3 Å². The van der Waals surface area contributed by atoms with Crippen LogP contribution < -0.4 is 26.0 Å². The van der Waals surface area contributed by atoms with Gasteiger partial charge in [0.25, 0.3) is 11.8 Å². The molecule has 2 aliphatic heterocycles. The zero-order valence-electron chi connectivity index (χ0n) is 40.5. The second-order valence-corrected chi connectivity index (χ2v) is 17.5. The molecule has 19 heteroatoms. The molecule has 71 heavy (non-hydrogen) atoms. The summed E-state index contributed by atoms with van der Waals surface area (Å²) in [6, 6.07) is 21.2. The minimum absolute atomic E-state index is 0.136. The molecule has 7 rings (SSSR count). The molecule has 1 saturated heterocycles. The SMILES string of the molecule is C[C@H](NC(=O)c1cccc(NCc2nnc(-c3ccncn3)n2C)c1)c1cccc(OCCCCCCOCCOCCOCCCCCC(=O)Nc2cccc3c2CN(C2CCC(=O)NC2=O)C3=O)c1. The number of nitrogens with one attached hydrogen (secondary N) is 4. The zero-order chi connectivity index (χ0) is 49.8. The Morgan fingerprint density at radius 3 is 2.31 bits per heavy atom. The highest BCUT2D eigenvalue weighted by Gasteiger charge is 2.40. The highest BCUT2D eigenvalue weighted by molar-refractivity contribution is 6.06. The number of aromatic nitrogens is 5. The fourth-order valence-electron chi connectivity index (χ4n) is 8.32. The standard InChI is InChI=1S/C52H64N10O9/c1-36(56-50(65)38-14-10-15-39(31-38)54-33-46-59-60-49(61(46)2)44-22-23-53-35-55-44)37-13-11-16-40(32-37)71-26-9-4-3-7-24-68-27-29-70-30-28-69-25-8-5-6-19-47(63)57-43-18-12-17-41-42(43)34-62(52(41)67)45-20-21-48(64)58-51(45)66/h10-18,22-23,31-32,35-36,45,54H,3-9,19-21,24-30,33-34H2,1-2H3,(H,56,65)(H,57,63)(H,58,64,66)/t36-,45?/m0/s1. The van der Waals surface area contributed by atoms with Crippen molar-refractivity contribution in [3.05, 3.63) is 113 Å². The summed E-state index contributed by atoms with van der Waals surface area (Å²) >= 11 is 0. The molecule has 3 aromatic carbocycles. The van der Waals surface area contributed by atoms with Gasteiger partial charge in [-0.15, -0.1) is 10.2 Å². The van der Waals surface area contributed by atoms with Crippen molar-refractivity contribution in [2.75, 3.05) is 56.9 Å². The van der Waals surface area contributed by atoms with Gasteiger partial charge in [0.15, 0.2) is 11.6 Å². The van der Waals surface area contributed by atoms with Crippen LogP contribution in [0, 0.1) is 0 Å². The molecule has 19 nitrogen and oxygen atoms in total. The van der Waals surface area contributed by atoms with Crippen LogP contribution in [0.3, 0.4) is 0 Å². The molecule has 1 unspecified atom stereocenters. The van der Waals surface area contributed by atoms with Crippen LogP contribution in [0.4, 0.5) is 11.4 Å². The fourth-order valence-corrected chi connectivity index (χ4v) is 8.32. The average Bonchev–Trinajstić information content (AvgIpc) is 3.92. The van der Waals surface area contributed by atoms with Gasteiger partial charge >= 0.3 is 0 Å². The fraction of sp³-hybridized carbons (Fsp3) is 0.442. The van der Waals surface area contributed by atoms with E-state index in [1.807, 2.05) is 61.0 Å². The van der Waals surface area contributed by atoms with Gasteiger partial charge < -0.3 is 44.4 Å².